The molecule has 1 aromatic heterocycles. The minimum Gasteiger partial charge on any atom is -0.368 e. The lowest BCUT2D eigenvalue weighted by molar-refractivity contribution is -0.138. The molecule has 0 bridgehead atoms. The van der Waals surface area contributed by atoms with Gasteiger partial charge in [0.05, 0.1) is 10.0 Å². The second kappa shape index (κ2) is 5.28. The molecule has 0 radical (unpaired) electrons. The summed E-state index contributed by atoms with van der Waals surface area (Å²) in [7, 11) is 0. The van der Waals surface area contributed by atoms with E-state index in [9.17, 15) is 13.2 Å². The molecule has 1 aromatic carbocycles. The fraction of sp³-hybridized carbons (Fsp3) is 0.167. The van der Waals surface area contributed by atoms with Crippen molar-refractivity contribution in [1.82, 2.24) is 9.97 Å². The van der Waals surface area contributed by atoms with E-state index in [0.29, 0.717) is 10.3 Å². The van der Waals surface area contributed by atoms with Gasteiger partial charge in [0.2, 0.25) is 5.95 Å². The molecule has 1 heterocycles. The van der Waals surface area contributed by atoms with Crippen molar-refractivity contribution >= 4 is 33.4 Å². The molecule has 8 heteroatoms. The van der Waals surface area contributed by atoms with Gasteiger partial charge in [-0.05, 0) is 40.5 Å². The van der Waals surface area contributed by atoms with E-state index < -0.39 is 11.7 Å². The standard InChI is InChI=1S/C12H10BrF3N4/c1-6-2-3-7(4-8(6)12(14,15)16)19-10-9(13)5-18-11(17)20-10/h2-5H,1H3,(H3,17,18,19,20). The lowest BCUT2D eigenvalue weighted by Crippen LogP contribution is -2.08. The molecular formula is C12H10BrF3N4. The molecule has 20 heavy (non-hydrogen) atoms. The van der Waals surface area contributed by atoms with Crippen molar-refractivity contribution in [3.05, 3.63) is 40.0 Å². The first kappa shape index (κ1) is 14.6. The van der Waals surface area contributed by atoms with Gasteiger partial charge in [0, 0.05) is 11.9 Å². The zero-order valence-corrected chi connectivity index (χ0v) is 11.9. The lowest BCUT2D eigenvalue weighted by Gasteiger charge is -2.13. The zero-order chi connectivity index (χ0) is 14.9. The van der Waals surface area contributed by atoms with Crippen LogP contribution in [0.5, 0.6) is 0 Å². The second-order valence-electron chi connectivity index (χ2n) is 4.08. The van der Waals surface area contributed by atoms with Gasteiger partial charge in [-0.1, -0.05) is 6.07 Å². The number of aromatic nitrogens is 2. The second-order valence-corrected chi connectivity index (χ2v) is 4.93. The SMILES string of the molecule is Cc1ccc(Nc2nc(N)ncc2Br)cc1C(F)(F)F. The van der Waals surface area contributed by atoms with Gasteiger partial charge < -0.3 is 11.1 Å². The van der Waals surface area contributed by atoms with Crippen molar-refractivity contribution in [3.8, 4) is 0 Å². The normalized spacial score (nSPS) is 11.4. The van der Waals surface area contributed by atoms with E-state index in [1.807, 2.05) is 0 Å². The highest BCUT2D eigenvalue weighted by molar-refractivity contribution is 9.10. The Bertz CT molecular complexity index is 643. The third-order valence-electron chi connectivity index (χ3n) is 2.57. The van der Waals surface area contributed by atoms with Crippen molar-refractivity contribution in [2.45, 2.75) is 13.1 Å². The number of rotatable bonds is 2. The molecule has 0 atom stereocenters. The van der Waals surface area contributed by atoms with Gasteiger partial charge in [-0.15, -0.1) is 0 Å². The number of anilines is 3. The van der Waals surface area contributed by atoms with E-state index in [-0.39, 0.29) is 17.2 Å². The Labute approximate surface area is 121 Å². The molecule has 106 valence electrons. The molecule has 3 N–H and O–H groups in total. The molecule has 0 aliphatic heterocycles. The number of nitrogens with one attached hydrogen (secondary N) is 1. The van der Waals surface area contributed by atoms with Crippen LogP contribution in [0.3, 0.4) is 0 Å². The van der Waals surface area contributed by atoms with Crippen LogP contribution in [-0.4, -0.2) is 9.97 Å². The Kier molecular flexibility index (Phi) is 3.85. The topological polar surface area (TPSA) is 63.8 Å². The van der Waals surface area contributed by atoms with E-state index in [2.05, 4.69) is 31.2 Å². The van der Waals surface area contributed by atoms with Crippen molar-refractivity contribution < 1.29 is 13.2 Å². The van der Waals surface area contributed by atoms with Gasteiger partial charge in [0.25, 0.3) is 0 Å². The van der Waals surface area contributed by atoms with Crippen LogP contribution in [0.2, 0.25) is 0 Å². The smallest absolute Gasteiger partial charge is 0.368 e. The van der Waals surface area contributed by atoms with Crippen LogP contribution in [0.1, 0.15) is 11.1 Å². The molecular weight excluding hydrogens is 337 g/mol. The Morgan fingerprint density at radius 2 is 2.00 bits per heavy atom. The van der Waals surface area contributed by atoms with Crippen LogP contribution in [0.25, 0.3) is 0 Å². The highest BCUT2D eigenvalue weighted by Gasteiger charge is 2.32. The molecule has 0 aliphatic carbocycles. The summed E-state index contributed by atoms with van der Waals surface area (Å²) >= 11 is 3.20. The van der Waals surface area contributed by atoms with E-state index in [1.54, 1.807) is 0 Å². The largest absolute Gasteiger partial charge is 0.416 e. The highest BCUT2D eigenvalue weighted by Crippen LogP contribution is 2.34. The summed E-state index contributed by atoms with van der Waals surface area (Å²) in [5, 5.41) is 2.77. The number of hydrogen-bond acceptors (Lipinski definition) is 4. The molecule has 4 nitrogen and oxygen atoms in total. The summed E-state index contributed by atoms with van der Waals surface area (Å²) in [5.74, 6) is 0.327. The van der Waals surface area contributed by atoms with Crippen LogP contribution in [0.4, 0.5) is 30.6 Å². The first-order chi connectivity index (χ1) is 9.27. The van der Waals surface area contributed by atoms with Crippen LogP contribution in [0.15, 0.2) is 28.9 Å². The van der Waals surface area contributed by atoms with Crippen LogP contribution < -0.4 is 11.1 Å². The summed E-state index contributed by atoms with van der Waals surface area (Å²) < 4.78 is 39.0. The average Bonchev–Trinajstić information content (AvgIpc) is 2.35. The Morgan fingerprint density at radius 3 is 2.65 bits per heavy atom. The van der Waals surface area contributed by atoms with Gasteiger partial charge in [-0.25, -0.2) is 4.98 Å². The number of benzene rings is 1. The summed E-state index contributed by atoms with van der Waals surface area (Å²) in [6, 6.07) is 3.96. The van der Waals surface area contributed by atoms with Crippen LogP contribution >= 0.6 is 15.9 Å². The maximum atomic E-state index is 12.8. The third kappa shape index (κ3) is 3.19. The zero-order valence-electron chi connectivity index (χ0n) is 10.3. The summed E-state index contributed by atoms with van der Waals surface area (Å²) in [6.07, 6.45) is -2.98. The summed E-state index contributed by atoms with van der Waals surface area (Å²) in [5.41, 5.74) is 5.17. The molecule has 0 saturated carbocycles. The van der Waals surface area contributed by atoms with Crippen molar-refractivity contribution in [2.24, 2.45) is 0 Å². The first-order valence-corrected chi connectivity index (χ1v) is 6.29. The molecule has 0 spiro atoms. The quantitative estimate of drug-likeness (QED) is 0.865. The number of alkyl halides is 3. The molecule has 0 fully saturated rings. The lowest BCUT2D eigenvalue weighted by atomic mass is 10.1. The van der Waals surface area contributed by atoms with Gasteiger partial charge >= 0.3 is 6.18 Å². The van der Waals surface area contributed by atoms with Crippen molar-refractivity contribution in [3.63, 3.8) is 0 Å². The van der Waals surface area contributed by atoms with E-state index in [0.717, 1.165) is 6.07 Å². The minimum absolute atomic E-state index is 0.0267. The number of hydrogen-bond donors (Lipinski definition) is 2. The average molecular weight is 347 g/mol. The fourth-order valence-electron chi connectivity index (χ4n) is 1.61. The van der Waals surface area contributed by atoms with Gasteiger partial charge in [0.15, 0.2) is 0 Å². The Morgan fingerprint density at radius 1 is 1.30 bits per heavy atom. The molecule has 0 aliphatic rings. The number of nitrogen functional groups attached to an aromatic ring is 1. The molecule has 2 rings (SSSR count). The number of nitrogens with two attached hydrogens (primary N) is 1. The molecule has 0 unspecified atom stereocenters. The molecule has 2 aromatic rings. The van der Waals surface area contributed by atoms with Gasteiger partial charge in [0.1, 0.15) is 5.82 Å². The summed E-state index contributed by atoms with van der Waals surface area (Å²) in [6.45, 7) is 1.41. The highest BCUT2D eigenvalue weighted by atomic mass is 79.9. The molecule has 0 saturated heterocycles. The fourth-order valence-corrected chi connectivity index (χ4v) is 1.90. The number of halogens is 4. The predicted octanol–water partition coefficient (Wildman–Crippen LogP) is 3.89. The van der Waals surface area contributed by atoms with Gasteiger partial charge in [-0.2, -0.15) is 18.2 Å². The van der Waals surface area contributed by atoms with Crippen molar-refractivity contribution in [2.75, 3.05) is 11.1 Å². The van der Waals surface area contributed by atoms with E-state index >= 15 is 0 Å². The Balaban J connectivity index is 2.37. The maximum absolute atomic E-state index is 12.8. The molecule has 0 amide bonds. The van der Waals surface area contributed by atoms with Crippen LogP contribution in [-0.2, 0) is 6.18 Å². The van der Waals surface area contributed by atoms with Crippen LogP contribution in [0, 0.1) is 6.92 Å². The first-order valence-electron chi connectivity index (χ1n) is 5.50. The van der Waals surface area contributed by atoms with E-state index in [4.69, 9.17) is 5.73 Å². The predicted molar refractivity (Wildman–Crippen MR) is 73.6 cm³/mol. The Hall–Kier alpha value is -1.83. The number of aryl methyl sites for hydroxylation is 1. The third-order valence-corrected chi connectivity index (χ3v) is 3.15. The number of nitrogens with zero attached hydrogens (tertiary/aromatic N) is 2. The van der Waals surface area contributed by atoms with E-state index in [1.165, 1.54) is 25.3 Å². The van der Waals surface area contributed by atoms with Crippen molar-refractivity contribution in [1.29, 1.82) is 0 Å². The monoisotopic (exact) mass is 346 g/mol. The minimum atomic E-state index is -4.40. The summed E-state index contributed by atoms with van der Waals surface area (Å²) in [4.78, 5) is 7.66. The van der Waals surface area contributed by atoms with Gasteiger partial charge in [-0.3, -0.25) is 0 Å². The maximum Gasteiger partial charge on any atom is 0.416 e.